The van der Waals surface area contributed by atoms with E-state index in [0.717, 1.165) is 43.2 Å². The van der Waals surface area contributed by atoms with Gasteiger partial charge in [0.25, 0.3) is 0 Å². The van der Waals surface area contributed by atoms with E-state index in [2.05, 4.69) is 11.0 Å². The largest absolute Gasteiger partial charge is 0.497 e. The molecule has 0 radical (unpaired) electrons. The number of rotatable bonds is 4. The Balaban J connectivity index is 2.20. The van der Waals surface area contributed by atoms with Crippen molar-refractivity contribution in [1.29, 1.82) is 0 Å². The van der Waals surface area contributed by atoms with Gasteiger partial charge < -0.3 is 20.1 Å². The minimum absolute atomic E-state index is 0.599. The highest BCUT2D eigenvalue weighted by atomic mass is 16.5. The zero-order chi connectivity index (χ0) is 12.3. The third-order valence-corrected chi connectivity index (χ3v) is 3.35. The lowest BCUT2D eigenvalue weighted by molar-refractivity contribution is 0.394. The molecule has 94 valence electrons. The average molecular weight is 236 g/mol. The Bertz CT molecular complexity index is 382. The van der Waals surface area contributed by atoms with Gasteiger partial charge in [0.05, 0.1) is 19.9 Å². The molecule has 1 fully saturated rings. The van der Waals surface area contributed by atoms with Crippen LogP contribution in [0.1, 0.15) is 6.42 Å². The number of hydrogen-bond donors (Lipinski definition) is 1. The van der Waals surface area contributed by atoms with Gasteiger partial charge in [0, 0.05) is 19.2 Å². The molecule has 0 amide bonds. The van der Waals surface area contributed by atoms with Crippen molar-refractivity contribution in [3.8, 4) is 11.5 Å². The maximum atomic E-state index is 5.71. The fraction of sp³-hybridized carbons (Fsp3) is 0.538. The van der Waals surface area contributed by atoms with E-state index in [1.807, 2.05) is 12.1 Å². The maximum Gasteiger partial charge on any atom is 0.145 e. The van der Waals surface area contributed by atoms with E-state index in [9.17, 15) is 0 Å². The van der Waals surface area contributed by atoms with Crippen molar-refractivity contribution in [3.63, 3.8) is 0 Å². The predicted molar refractivity (Wildman–Crippen MR) is 68.9 cm³/mol. The summed E-state index contributed by atoms with van der Waals surface area (Å²) >= 11 is 0. The topological polar surface area (TPSA) is 47.7 Å². The zero-order valence-electron chi connectivity index (χ0n) is 10.5. The molecule has 1 unspecified atom stereocenters. The molecule has 0 aromatic heterocycles. The van der Waals surface area contributed by atoms with Gasteiger partial charge in [-0.3, -0.25) is 0 Å². The Kier molecular flexibility index (Phi) is 3.74. The lowest BCUT2D eigenvalue weighted by Crippen LogP contribution is -2.23. The van der Waals surface area contributed by atoms with Crippen molar-refractivity contribution in [2.75, 3.05) is 38.8 Å². The minimum Gasteiger partial charge on any atom is -0.497 e. The molecular weight excluding hydrogens is 216 g/mol. The van der Waals surface area contributed by atoms with Crippen LogP contribution in [0.4, 0.5) is 5.69 Å². The number of benzene rings is 1. The van der Waals surface area contributed by atoms with Crippen LogP contribution in [-0.4, -0.2) is 33.9 Å². The van der Waals surface area contributed by atoms with Crippen LogP contribution in [-0.2, 0) is 0 Å². The number of nitrogens with two attached hydrogens (primary N) is 1. The summed E-state index contributed by atoms with van der Waals surface area (Å²) in [6.45, 7) is 2.82. The third kappa shape index (κ3) is 2.47. The van der Waals surface area contributed by atoms with E-state index in [1.165, 1.54) is 0 Å². The van der Waals surface area contributed by atoms with E-state index in [0.29, 0.717) is 5.92 Å². The molecule has 1 atom stereocenters. The molecule has 1 aromatic carbocycles. The molecule has 2 N–H and O–H groups in total. The summed E-state index contributed by atoms with van der Waals surface area (Å²) in [4.78, 5) is 2.33. The fourth-order valence-electron chi connectivity index (χ4n) is 2.29. The molecule has 1 aliphatic heterocycles. The third-order valence-electron chi connectivity index (χ3n) is 3.35. The molecule has 1 aliphatic rings. The Morgan fingerprint density at radius 3 is 2.76 bits per heavy atom. The summed E-state index contributed by atoms with van der Waals surface area (Å²) in [5.74, 6) is 2.28. The normalized spacial score (nSPS) is 19.5. The zero-order valence-corrected chi connectivity index (χ0v) is 10.5. The summed E-state index contributed by atoms with van der Waals surface area (Å²) in [5, 5.41) is 0. The van der Waals surface area contributed by atoms with Gasteiger partial charge in [0.1, 0.15) is 11.5 Å². The number of hydrogen-bond acceptors (Lipinski definition) is 4. The van der Waals surface area contributed by atoms with Crippen molar-refractivity contribution < 1.29 is 9.47 Å². The second-order valence-corrected chi connectivity index (χ2v) is 4.37. The number of ether oxygens (including phenoxy) is 2. The van der Waals surface area contributed by atoms with E-state index < -0.39 is 0 Å². The second kappa shape index (κ2) is 5.27. The minimum atomic E-state index is 0.599. The van der Waals surface area contributed by atoms with Crippen LogP contribution in [0.25, 0.3) is 0 Å². The van der Waals surface area contributed by atoms with E-state index in [4.69, 9.17) is 15.2 Å². The first-order valence-corrected chi connectivity index (χ1v) is 5.95. The summed E-state index contributed by atoms with van der Waals surface area (Å²) < 4.78 is 10.6. The Morgan fingerprint density at radius 2 is 2.18 bits per heavy atom. The van der Waals surface area contributed by atoms with Crippen molar-refractivity contribution in [3.05, 3.63) is 18.2 Å². The van der Waals surface area contributed by atoms with Crippen molar-refractivity contribution in [2.24, 2.45) is 11.7 Å². The summed E-state index contributed by atoms with van der Waals surface area (Å²) in [5.41, 5.74) is 6.84. The first-order chi connectivity index (χ1) is 8.28. The van der Waals surface area contributed by atoms with E-state index in [1.54, 1.807) is 14.2 Å². The molecule has 1 heterocycles. The van der Waals surface area contributed by atoms with Crippen LogP contribution >= 0.6 is 0 Å². The van der Waals surface area contributed by atoms with Crippen LogP contribution < -0.4 is 20.1 Å². The smallest absolute Gasteiger partial charge is 0.145 e. The van der Waals surface area contributed by atoms with Gasteiger partial charge in [0.2, 0.25) is 0 Å². The Hall–Kier alpha value is -1.42. The van der Waals surface area contributed by atoms with Crippen LogP contribution in [0.2, 0.25) is 0 Å². The molecule has 0 bridgehead atoms. The molecular formula is C13H20N2O2. The summed E-state index contributed by atoms with van der Waals surface area (Å²) in [7, 11) is 3.35. The standard InChI is InChI=1S/C13H20N2O2/c1-16-11-3-4-12(13(7-11)17-2)15-6-5-10(8-14)9-15/h3-4,7,10H,5-6,8-9,14H2,1-2H3. The first-order valence-electron chi connectivity index (χ1n) is 5.95. The molecule has 17 heavy (non-hydrogen) atoms. The van der Waals surface area contributed by atoms with Crippen LogP contribution in [0.15, 0.2) is 18.2 Å². The molecule has 0 saturated carbocycles. The van der Waals surface area contributed by atoms with Gasteiger partial charge in [-0.25, -0.2) is 0 Å². The lowest BCUT2D eigenvalue weighted by Gasteiger charge is -2.21. The number of anilines is 1. The SMILES string of the molecule is COc1ccc(N2CCC(CN)C2)c(OC)c1. The molecule has 0 spiro atoms. The molecule has 2 rings (SSSR count). The van der Waals surface area contributed by atoms with Crippen LogP contribution in [0, 0.1) is 5.92 Å². The number of nitrogens with zero attached hydrogens (tertiary/aromatic N) is 1. The Labute approximate surface area is 102 Å². The maximum absolute atomic E-state index is 5.71. The highest BCUT2D eigenvalue weighted by molar-refractivity contribution is 5.61. The summed E-state index contributed by atoms with van der Waals surface area (Å²) in [6.07, 6.45) is 1.16. The van der Waals surface area contributed by atoms with Gasteiger partial charge in [-0.1, -0.05) is 0 Å². The van der Waals surface area contributed by atoms with Gasteiger partial charge in [-0.05, 0) is 31.0 Å². The van der Waals surface area contributed by atoms with Crippen LogP contribution in [0.5, 0.6) is 11.5 Å². The molecule has 4 heteroatoms. The molecule has 1 saturated heterocycles. The highest BCUT2D eigenvalue weighted by Crippen LogP contribution is 2.34. The number of methoxy groups -OCH3 is 2. The van der Waals surface area contributed by atoms with Crippen molar-refractivity contribution in [1.82, 2.24) is 0 Å². The summed E-state index contributed by atoms with van der Waals surface area (Å²) in [6, 6.07) is 5.94. The fourth-order valence-corrected chi connectivity index (χ4v) is 2.29. The van der Waals surface area contributed by atoms with Gasteiger partial charge in [0.15, 0.2) is 0 Å². The average Bonchev–Trinajstić information content (AvgIpc) is 2.86. The predicted octanol–water partition coefficient (Wildman–Crippen LogP) is 1.49. The van der Waals surface area contributed by atoms with Gasteiger partial charge in [-0.15, -0.1) is 0 Å². The highest BCUT2D eigenvalue weighted by Gasteiger charge is 2.23. The van der Waals surface area contributed by atoms with Gasteiger partial charge in [-0.2, -0.15) is 0 Å². The second-order valence-electron chi connectivity index (χ2n) is 4.37. The van der Waals surface area contributed by atoms with Crippen molar-refractivity contribution in [2.45, 2.75) is 6.42 Å². The quantitative estimate of drug-likeness (QED) is 0.860. The first kappa shape index (κ1) is 12.0. The van der Waals surface area contributed by atoms with Gasteiger partial charge >= 0.3 is 0 Å². The molecule has 1 aromatic rings. The van der Waals surface area contributed by atoms with E-state index in [-0.39, 0.29) is 0 Å². The van der Waals surface area contributed by atoms with Crippen LogP contribution in [0.3, 0.4) is 0 Å². The van der Waals surface area contributed by atoms with E-state index >= 15 is 0 Å². The van der Waals surface area contributed by atoms with Crippen molar-refractivity contribution >= 4 is 5.69 Å². The molecule has 0 aliphatic carbocycles. The Morgan fingerprint density at radius 1 is 1.35 bits per heavy atom. The molecule has 4 nitrogen and oxygen atoms in total. The monoisotopic (exact) mass is 236 g/mol. The lowest BCUT2D eigenvalue weighted by atomic mass is 10.1.